The Morgan fingerprint density at radius 3 is 1.94 bits per heavy atom. The lowest BCUT2D eigenvalue weighted by atomic mass is 10.1. The van der Waals surface area contributed by atoms with Crippen molar-refractivity contribution in [3.8, 4) is 0 Å². The molecule has 2 rings (SSSR count). The number of amides is 3. The highest BCUT2D eigenvalue weighted by atomic mass is 35.5. The van der Waals surface area contributed by atoms with E-state index in [2.05, 4.69) is 16.0 Å². The van der Waals surface area contributed by atoms with Crippen molar-refractivity contribution in [1.82, 2.24) is 10.2 Å². The standard InChI is InChI=1S/C22H26Cl2N4O3/c1-13-8-14(2)21(15(3)9-13)26-18(29)10-25-19(30)11-28(4)12-20(31)27-22-16(23)6-5-7-17(22)24/h5-9H,10-12H2,1-4H3,(H,25,30)(H,26,29)(H,27,31). The van der Waals surface area contributed by atoms with E-state index in [-0.39, 0.29) is 37.4 Å². The molecule has 0 bridgehead atoms. The van der Waals surface area contributed by atoms with Crippen LogP contribution >= 0.6 is 23.2 Å². The SMILES string of the molecule is Cc1cc(C)c(NC(=O)CNC(=O)CN(C)CC(=O)Nc2c(Cl)cccc2Cl)c(C)c1. The molecule has 0 saturated heterocycles. The summed E-state index contributed by atoms with van der Waals surface area (Å²) in [6, 6.07) is 8.87. The van der Waals surface area contributed by atoms with Crippen molar-refractivity contribution >= 4 is 52.3 Å². The Morgan fingerprint density at radius 2 is 1.35 bits per heavy atom. The summed E-state index contributed by atoms with van der Waals surface area (Å²) >= 11 is 12.1. The second-order valence-electron chi connectivity index (χ2n) is 7.42. The first kappa shape index (κ1) is 24.7. The van der Waals surface area contributed by atoms with Crippen LogP contribution in [0, 0.1) is 20.8 Å². The third kappa shape index (κ3) is 7.54. The molecule has 0 aliphatic rings. The van der Waals surface area contributed by atoms with Gasteiger partial charge < -0.3 is 16.0 Å². The summed E-state index contributed by atoms with van der Waals surface area (Å²) in [5.74, 6) is -1.07. The van der Waals surface area contributed by atoms with Crippen molar-refractivity contribution in [2.24, 2.45) is 0 Å². The van der Waals surface area contributed by atoms with E-state index in [0.29, 0.717) is 15.7 Å². The van der Waals surface area contributed by atoms with Crippen molar-refractivity contribution in [3.63, 3.8) is 0 Å². The third-order valence-electron chi connectivity index (χ3n) is 4.44. The van der Waals surface area contributed by atoms with Crippen molar-refractivity contribution in [2.75, 3.05) is 37.3 Å². The number of carbonyl (C=O) groups is 3. The van der Waals surface area contributed by atoms with E-state index in [1.807, 2.05) is 32.9 Å². The Hall–Kier alpha value is -2.61. The van der Waals surface area contributed by atoms with Crippen LogP contribution < -0.4 is 16.0 Å². The Morgan fingerprint density at radius 1 is 0.839 bits per heavy atom. The molecule has 0 heterocycles. The number of aryl methyl sites for hydroxylation is 3. The van der Waals surface area contributed by atoms with Gasteiger partial charge in [-0.1, -0.05) is 47.0 Å². The summed E-state index contributed by atoms with van der Waals surface area (Å²) in [6.45, 7) is 5.56. The van der Waals surface area contributed by atoms with E-state index in [4.69, 9.17) is 23.2 Å². The number of anilines is 2. The fourth-order valence-corrected chi connectivity index (χ4v) is 3.63. The molecule has 31 heavy (non-hydrogen) atoms. The van der Waals surface area contributed by atoms with Gasteiger partial charge in [-0.2, -0.15) is 0 Å². The number of hydrogen-bond acceptors (Lipinski definition) is 4. The molecule has 0 aliphatic carbocycles. The molecule has 0 spiro atoms. The maximum atomic E-state index is 12.2. The van der Waals surface area contributed by atoms with Crippen LogP contribution in [0.25, 0.3) is 0 Å². The van der Waals surface area contributed by atoms with E-state index >= 15 is 0 Å². The number of rotatable bonds is 8. The molecule has 0 aliphatic heterocycles. The summed E-state index contributed by atoms with van der Waals surface area (Å²) < 4.78 is 0. The Balaban J connectivity index is 1.79. The molecule has 2 aromatic rings. The lowest BCUT2D eigenvalue weighted by molar-refractivity contribution is -0.125. The first-order chi connectivity index (χ1) is 14.6. The van der Waals surface area contributed by atoms with Crippen LogP contribution in [-0.4, -0.2) is 49.3 Å². The van der Waals surface area contributed by atoms with Crippen molar-refractivity contribution < 1.29 is 14.4 Å². The molecule has 0 saturated carbocycles. The van der Waals surface area contributed by atoms with Gasteiger partial charge >= 0.3 is 0 Å². The molecule has 166 valence electrons. The van der Waals surface area contributed by atoms with Gasteiger partial charge in [0, 0.05) is 5.69 Å². The number of nitrogens with one attached hydrogen (secondary N) is 3. The maximum absolute atomic E-state index is 12.2. The quantitative estimate of drug-likeness (QED) is 0.556. The number of carbonyl (C=O) groups excluding carboxylic acids is 3. The van der Waals surface area contributed by atoms with Crippen LogP contribution in [-0.2, 0) is 14.4 Å². The minimum atomic E-state index is -0.376. The van der Waals surface area contributed by atoms with Crippen molar-refractivity contribution in [3.05, 3.63) is 57.1 Å². The molecule has 3 amide bonds. The summed E-state index contributed by atoms with van der Waals surface area (Å²) in [6.07, 6.45) is 0. The van der Waals surface area contributed by atoms with Gasteiger partial charge in [-0.05, 0) is 51.1 Å². The number of benzene rings is 2. The van der Waals surface area contributed by atoms with Gasteiger partial charge in [-0.25, -0.2) is 0 Å². The van der Waals surface area contributed by atoms with E-state index in [1.54, 1.807) is 25.2 Å². The normalized spacial score (nSPS) is 10.7. The largest absolute Gasteiger partial charge is 0.346 e. The predicted molar refractivity (Wildman–Crippen MR) is 125 cm³/mol. The second kappa shape index (κ2) is 11.1. The average molecular weight is 465 g/mol. The van der Waals surface area contributed by atoms with Crippen LogP contribution in [0.3, 0.4) is 0 Å². The summed E-state index contributed by atoms with van der Waals surface area (Å²) in [4.78, 5) is 38.1. The average Bonchev–Trinajstić information content (AvgIpc) is 2.66. The molecular formula is C22H26Cl2N4O3. The van der Waals surface area contributed by atoms with Gasteiger partial charge in [0.25, 0.3) is 0 Å². The molecule has 2 aromatic carbocycles. The maximum Gasteiger partial charge on any atom is 0.243 e. The number of likely N-dealkylation sites (N-methyl/N-ethyl adjacent to an activating group) is 1. The minimum absolute atomic E-state index is 0.0527. The van der Waals surface area contributed by atoms with E-state index in [0.717, 1.165) is 22.4 Å². The summed E-state index contributed by atoms with van der Waals surface area (Å²) in [5.41, 5.74) is 4.11. The molecule has 3 N–H and O–H groups in total. The van der Waals surface area contributed by atoms with E-state index in [9.17, 15) is 14.4 Å². The number of hydrogen-bond donors (Lipinski definition) is 3. The van der Waals surface area contributed by atoms with Gasteiger partial charge in [0.1, 0.15) is 0 Å². The van der Waals surface area contributed by atoms with E-state index in [1.165, 1.54) is 4.90 Å². The molecule has 0 unspecified atom stereocenters. The third-order valence-corrected chi connectivity index (χ3v) is 5.07. The highest BCUT2D eigenvalue weighted by Crippen LogP contribution is 2.29. The fourth-order valence-electron chi connectivity index (χ4n) is 3.14. The molecule has 0 radical (unpaired) electrons. The van der Waals surface area contributed by atoms with Crippen LogP contribution in [0.2, 0.25) is 10.0 Å². The van der Waals surface area contributed by atoms with E-state index < -0.39 is 0 Å². The van der Waals surface area contributed by atoms with Crippen LogP contribution in [0.15, 0.2) is 30.3 Å². The number of para-hydroxylation sites is 1. The highest BCUT2D eigenvalue weighted by molar-refractivity contribution is 6.39. The molecule has 9 heteroatoms. The van der Waals surface area contributed by atoms with Gasteiger partial charge in [0.15, 0.2) is 0 Å². The predicted octanol–water partition coefficient (Wildman–Crippen LogP) is 3.54. The topological polar surface area (TPSA) is 90.5 Å². The Kier molecular flexibility index (Phi) is 8.86. The number of nitrogens with zero attached hydrogens (tertiary/aromatic N) is 1. The summed E-state index contributed by atoms with van der Waals surface area (Å²) in [5, 5.41) is 8.67. The molecular weight excluding hydrogens is 439 g/mol. The monoisotopic (exact) mass is 464 g/mol. The second-order valence-corrected chi connectivity index (χ2v) is 8.23. The molecule has 7 nitrogen and oxygen atoms in total. The zero-order valence-corrected chi connectivity index (χ0v) is 19.4. The minimum Gasteiger partial charge on any atom is -0.346 e. The van der Waals surface area contributed by atoms with Crippen molar-refractivity contribution in [1.29, 1.82) is 0 Å². The van der Waals surface area contributed by atoms with Crippen LogP contribution in [0.1, 0.15) is 16.7 Å². The van der Waals surface area contributed by atoms with Crippen molar-refractivity contribution in [2.45, 2.75) is 20.8 Å². The Labute approximate surface area is 192 Å². The fraction of sp³-hybridized carbons (Fsp3) is 0.318. The first-order valence-corrected chi connectivity index (χ1v) is 10.4. The summed E-state index contributed by atoms with van der Waals surface area (Å²) in [7, 11) is 1.62. The molecule has 0 atom stereocenters. The zero-order chi connectivity index (χ0) is 23.1. The first-order valence-electron chi connectivity index (χ1n) is 9.63. The zero-order valence-electron chi connectivity index (χ0n) is 17.9. The highest BCUT2D eigenvalue weighted by Gasteiger charge is 2.15. The van der Waals surface area contributed by atoms with Crippen LogP contribution in [0.5, 0.6) is 0 Å². The van der Waals surface area contributed by atoms with Gasteiger partial charge in [-0.3, -0.25) is 19.3 Å². The smallest absolute Gasteiger partial charge is 0.243 e. The number of halogens is 2. The Bertz CT molecular complexity index is 951. The lowest BCUT2D eigenvalue weighted by Crippen LogP contribution is -2.41. The molecule has 0 aromatic heterocycles. The van der Waals surface area contributed by atoms with Crippen LogP contribution in [0.4, 0.5) is 11.4 Å². The lowest BCUT2D eigenvalue weighted by Gasteiger charge is -2.17. The van der Waals surface area contributed by atoms with Gasteiger partial charge in [-0.15, -0.1) is 0 Å². The molecule has 0 fully saturated rings. The van der Waals surface area contributed by atoms with Gasteiger partial charge in [0.2, 0.25) is 17.7 Å². The van der Waals surface area contributed by atoms with Gasteiger partial charge in [0.05, 0.1) is 35.4 Å².